The fourth-order valence-corrected chi connectivity index (χ4v) is 1.57. The predicted octanol–water partition coefficient (Wildman–Crippen LogP) is 2.15. The Labute approximate surface area is 106 Å². The second kappa shape index (κ2) is 4.69. The second-order valence-corrected chi connectivity index (χ2v) is 3.70. The van der Waals surface area contributed by atoms with Crippen molar-refractivity contribution in [3.8, 4) is 11.3 Å². The van der Waals surface area contributed by atoms with E-state index in [0.29, 0.717) is 5.56 Å². The number of aromatic nitrogens is 1. The molecular weight excluding hydrogens is 252 g/mol. The zero-order valence-corrected chi connectivity index (χ0v) is 9.52. The van der Waals surface area contributed by atoms with Gasteiger partial charge in [0.15, 0.2) is 0 Å². The van der Waals surface area contributed by atoms with E-state index < -0.39 is 9.85 Å². The van der Waals surface area contributed by atoms with E-state index in [1.807, 2.05) is 0 Å². The molecule has 2 N–H and O–H groups in total. The molecule has 0 atom stereocenters. The van der Waals surface area contributed by atoms with E-state index in [-0.39, 0.29) is 22.9 Å². The van der Waals surface area contributed by atoms with Crippen LogP contribution >= 0.6 is 0 Å². The molecule has 1 aromatic carbocycles. The van der Waals surface area contributed by atoms with E-state index in [1.54, 1.807) is 6.07 Å². The number of anilines is 1. The Bertz CT molecular complexity index is 671. The molecule has 1 aromatic heterocycles. The number of nitrogens with zero attached hydrogens (tertiary/aromatic N) is 3. The maximum atomic E-state index is 10.7. The molecule has 0 fully saturated rings. The number of pyridine rings is 1. The highest BCUT2D eigenvalue weighted by molar-refractivity contribution is 5.66. The van der Waals surface area contributed by atoms with Gasteiger partial charge in [0.2, 0.25) is 0 Å². The molecule has 0 aliphatic heterocycles. The van der Waals surface area contributed by atoms with Crippen LogP contribution in [0.1, 0.15) is 0 Å². The van der Waals surface area contributed by atoms with Gasteiger partial charge < -0.3 is 5.73 Å². The number of hydrogen-bond acceptors (Lipinski definition) is 6. The van der Waals surface area contributed by atoms with Crippen LogP contribution in [0.15, 0.2) is 36.4 Å². The lowest BCUT2D eigenvalue weighted by Gasteiger charge is -2.02. The number of nitro groups is 2. The molecule has 8 nitrogen and oxygen atoms in total. The fourth-order valence-electron chi connectivity index (χ4n) is 1.57. The van der Waals surface area contributed by atoms with Crippen LogP contribution in [0.2, 0.25) is 0 Å². The SMILES string of the molecule is Nc1cc([N+](=O)[O-])cc(-c2cccc([N+](=O)[O-])c2)n1. The van der Waals surface area contributed by atoms with Crippen molar-refractivity contribution < 1.29 is 9.85 Å². The van der Waals surface area contributed by atoms with Crippen LogP contribution in [0.5, 0.6) is 0 Å². The normalized spacial score (nSPS) is 10.1. The Kier molecular flexibility index (Phi) is 3.06. The first kappa shape index (κ1) is 12.4. The van der Waals surface area contributed by atoms with E-state index in [1.165, 1.54) is 24.3 Å². The Hall–Kier alpha value is -3.03. The Morgan fingerprint density at radius 3 is 2.32 bits per heavy atom. The van der Waals surface area contributed by atoms with E-state index in [9.17, 15) is 20.2 Å². The lowest BCUT2D eigenvalue weighted by atomic mass is 10.1. The predicted molar refractivity (Wildman–Crippen MR) is 67.4 cm³/mol. The molecule has 0 radical (unpaired) electrons. The van der Waals surface area contributed by atoms with Crippen molar-refractivity contribution in [1.29, 1.82) is 0 Å². The molecule has 1 heterocycles. The molecular formula is C11H8N4O4. The molecule has 0 aliphatic rings. The number of nitro benzene ring substituents is 1. The van der Waals surface area contributed by atoms with Gasteiger partial charge in [0.05, 0.1) is 21.6 Å². The van der Waals surface area contributed by atoms with Crippen molar-refractivity contribution in [3.05, 3.63) is 56.6 Å². The highest BCUT2D eigenvalue weighted by Gasteiger charge is 2.13. The van der Waals surface area contributed by atoms with Gasteiger partial charge in [0.1, 0.15) is 5.82 Å². The average Bonchev–Trinajstić information content (AvgIpc) is 2.38. The van der Waals surface area contributed by atoms with Crippen molar-refractivity contribution in [2.75, 3.05) is 5.73 Å². The van der Waals surface area contributed by atoms with Gasteiger partial charge in [-0.2, -0.15) is 0 Å². The minimum atomic E-state index is -0.598. The Morgan fingerprint density at radius 2 is 1.68 bits per heavy atom. The summed E-state index contributed by atoms with van der Waals surface area (Å²) in [5, 5.41) is 21.4. The summed E-state index contributed by atoms with van der Waals surface area (Å²) in [7, 11) is 0. The lowest BCUT2D eigenvalue weighted by molar-refractivity contribution is -0.385. The summed E-state index contributed by atoms with van der Waals surface area (Å²) in [4.78, 5) is 24.2. The molecule has 0 bridgehead atoms. The third kappa shape index (κ3) is 2.63. The van der Waals surface area contributed by atoms with Crippen LogP contribution in [0.4, 0.5) is 17.2 Å². The molecule has 0 saturated heterocycles. The lowest BCUT2D eigenvalue weighted by Crippen LogP contribution is -1.97. The molecule has 0 amide bonds. The van der Waals surface area contributed by atoms with Crippen LogP contribution in [-0.4, -0.2) is 14.8 Å². The van der Waals surface area contributed by atoms with E-state index in [2.05, 4.69) is 4.98 Å². The number of hydrogen-bond donors (Lipinski definition) is 1. The monoisotopic (exact) mass is 260 g/mol. The van der Waals surface area contributed by atoms with Crippen molar-refractivity contribution in [2.45, 2.75) is 0 Å². The first-order valence-electron chi connectivity index (χ1n) is 5.14. The highest BCUT2D eigenvalue weighted by atomic mass is 16.6. The molecule has 0 aliphatic carbocycles. The van der Waals surface area contributed by atoms with Gasteiger partial charge in [-0.15, -0.1) is 0 Å². The van der Waals surface area contributed by atoms with E-state index in [0.717, 1.165) is 6.07 Å². The average molecular weight is 260 g/mol. The van der Waals surface area contributed by atoms with E-state index >= 15 is 0 Å². The largest absolute Gasteiger partial charge is 0.383 e. The van der Waals surface area contributed by atoms with Gasteiger partial charge in [-0.1, -0.05) is 12.1 Å². The molecule has 19 heavy (non-hydrogen) atoms. The Balaban J connectivity index is 2.55. The smallest absolute Gasteiger partial charge is 0.275 e. The Morgan fingerprint density at radius 1 is 1.00 bits per heavy atom. The van der Waals surface area contributed by atoms with Crippen molar-refractivity contribution in [1.82, 2.24) is 4.98 Å². The maximum Gasteiger partial charge on any atom is 0.275 e. The third-order valence-electron chi connectivity index (χ3n) is 2.39. The van der Waals surface area contributed by atoms with Crippen LogP contribution in [0, 0.1) is 20.2 Å². The minimum absolute atomic E-state index is 0.0179. The molecule has 0 unspecified atom stereocenters. The van der Waals surface area contributed by atoms with Crippen molar-refractivity contribution >= 4 is 17.2 Å². The summed E-state index contributed by atoms with van der Waals surface area (Å²) in [5.74, 6) is -0.0179. The molecule has 96 valence electrons. The van der Waals surface area contributed by atoms with Crippen LogP contribution in [0.25, 0.3) is 11.3 Å². The second-order valence-electron chi connectivity index (χ2n) is 3.70. The standard InChI is InChI=1S/C11H8N4O4/c12-11-6-9(15(18)19)5-10(13-11)7-2-1-3-8(4-7)14(16)17/h1-6H,(H2,12,13). The zero-order chi connectivity index (χ0) is 14.0. The van der Waals surface area contributed by atoms with Gasteiger partial charge in [0, 0.05) is 23.8 Å². The molecule has 2 rings (SSSR count). The van der Waals surface area contributed by atoms with Gasteiger partial charge in [-0.25, -0.2) is 4.98 Å². The topological polar surface area (TPSA) is 125 Å². The first-order chi connectivity index (χ1) is 8.97. The van der Waals surface area contributed by atoms with E-state index in [4.69, 9.17) is 5.73 Å². The van der Waals surface area contributed by atoms with Crippen molar-refractivity contribution in [2.24, 2.45) is 0 Å². The van der Waals surface area contributed by atoms with Crippen LogP contribution in [-0.2, 0) is 0 Å². The summed E-state index contributed by atoms with van der Waals surface area (Å²) in [6, 6.07) is 7.99. The third-order valence-corrected chi connectivity index (χ3v) is 2.39. The van der Waals surface area contributed by atoms with Gasteiger partial charge in [0.25, 0.3) is 11.4 Å². The number of non-ortho nitro benzene ring substituents is 1. The van der Waals surface area contributed by atoms with Gasteiger partial charge in [-0.05, 0) is 0 Å². The molecule has 0 spiro atoms. The van der Waals surface area contributed by atoms with Gasteiger partial charge in [-0.3, -0.25) is 20.2 Å². The quantitative estimate of drug-likeness (QED) is 0.665. The number of rotatable bonds is 3. The molecule has 8 heteroatoms. The van der Waals surface area contributed by atoms with Crippen LogP contribution < -0.4 is 5.73 Å². The fraction of sp³-hybridized carbons (Fsp3) is 0. The maximum absolute atomic E-state index is 10.7. The van der Waals surface area contributed by atoms with Crippen LogP contribution in [0.3, 0.4) is 0 Å². The summed E-state index contributed by atoms with van der Waals surface area (Å²) < 4.78 is 0. The first-order valence-corrected chi connectivity index (χ1v) is 5.14. The summed E-state index contributed by atoms with van der Waals surface area (Å²) in [5.41, 5.74) is 5.76. The minimum Gasteiger partial charge on any atom is -0.383 e. The number of benzene rings is 1. The summed E-state index contributed by atoms with van der Waals surface area (Å²) >= 11 is 0. The number of nitrogens with two attached hydrogens (primary N) is 1. The highest BCUT2D eigenvalue weighted by Crippen LogP contribution is 2.26. The molecule has 2 aromatic rings. The summed E-state index contributed by atoms with van der Waals surface area (Å²) in [6.07, 6.45) is 0. The molecule has 0 saturated carbocycles. The van der Waals surface area contributed by atoms with Gasteiger partial charge >= 0.3 is 0 Å². The number of nitrogen functional groups attached to an aromatic ring is 1. The van der Waals surface area contributed by atoms with Crippen molar-refractivity contribution in [3.63, 3.8) is 0 Å². The summed E-state index contributed by atoms with van der Waals surface area (Å²) in [6.45, 7) is 0. The zero-order valence-electron chi connectivity index (χ0n) is 9.52.